The number of rotatable bonds is 13. The van der Waals surface area contributed by atoms with E-state index in [4.69, 9.17) is 0 Å². The highest BCUT2D eigenvalue weighted by atomic mass is 32.3. The number of nitrogens with zero attached hydrogens (tertiary/aromatic N) is 2. The minimum atomic E-state index is -5.59. The molecule has 1 saturated carbocycles. The first-order chi connectivity index (χ1) is 33.1. The van der Waals surface area contributed by atoms with Gasteiger partial charge in [0.2, 0.25) is 10.0 Å². The van der Waals surface area contributed by atoms with Crippen LogP contribution in [0.4, 0.5) is 46.0 Å². The minimum Gasteiger partial charge on any atom is -0.382 e. The fraction of sp³-hybridized carbons (Fsp3) is 0.273. The molecule has 0 spiro atoms. The summed E-state index contributed by atoms with van der Waals surface area (Å²) in [5.74, 6) is -8.87. The number of thiol groups is 1. The van der Waals surface area contributed by atoms with Crippen molar-refractivity contribution in [3.8, 4) is 0 Å². The van der Waals surface area contributed by atoms with E-state index in [0.717, 1.165) is 44.5 Å². The number of sulfonamides is 2. The van der Waals surface area contributed by atoms with E-state index in [2.05, 4.69) is 168 Å². The smallest absolute Gasteiger partial charge is 0.259 e. The maximum atomic E-state index is 14.6. The molecule has 0 heterocycles. The number of nitrogens with one attached hydrogen (secondary N) is 2. The molecule has 0 atom stereocenters. The molecule has 8 nitrogen and oxygen atoms in total. The van der Waals surface area contributed by atoms with Crippen molar-refractivity contribution < 1.29 is 34.4 Å². The van der Waals surface area contributed by atoms with Gasteiger partial charge < -0.3 is 15.1 Å². The second kappa shape index (κ2) is 19.7. The monoisotopic (exact) mass is 1010 g/mol. The van der Waals surface area contributed by atoms with Crippen LogP contribution in [0.2, 0.25) is 0 Å². The van der Waals surface area contributed by atoms with Gasteiger partial charge in [0, 0.05) is 59.9 Å². The summed E-state index contributed by atoms with van der Waals surface area (Å²) in [6.45, 7) is 12.8. The molecule has 0 aromatic heterocycles. The molecule has 1 aliphatic rings. The lowest BCUT2D eigenvalue weighted by atomic mass is 9.82. The number of halogens is 4. The Morgan fingerprint density at radius 3 is 1.44 bits per heavy atom. The van der Waals surface area contributed by atoms with E-state index < -0.39 is 58.4 Å². The van der Waals surface area contributed by atoms with Crippen LogP contribution in [0, 0.1) is 64.8 Å². The first kappa shape index (κ1) is 50.5. The summed E-state index contributed by atoms with van der Waals surface area (Å²) in [5.41, 5.74) is 15.8. The summed E-state index contributed by atoms with van der Waals surface area (Å²) in [6, 6.07) is 38.3. The third-order valence-electron chi connectivity index (χ3n) is 13.6. The van der Waals surface area contributed by atoms with Gasteiger partial charge >= 0.3 is 0 Å². The zero-order chi connectivity index (χ0) is 50.6. The van der Waals surface area contributed by atoms with Gasteiger partial charge in [-0.15, -0.1) is 16.8 Å². The van der Waals surface area contributed by atoms with Gasteiger partial charge in [-0.3, -0.25) is 0 Å². The molecule has 0 saturated heterocycles. The molecule has 0 aliphatic heterocycles. The molecule has 1 fully saturated rings. The summed E-state index contributed by atoms with van der Waals surface area (Å²) >= 11 is 3.35. The molecule has 8 rings (SSSR count). The lowest BCUT2D eigenvalue weighted by Gasteiger charge is -2.30. The van der Waals surface area contributed by atoms with Gasteiger partial charge in [-0.1, -0.05) is 90.0 Å². The topological polar surface area (TPSA) is 98.8 Å². The van der Waals surface area contributed by atoms with Crippen molar-refractivity contribution in [3.05, 3.63) is 183 Å². The number of hydrogen-bond donors (Lipinski definition) is 3. The summed E-state index contributed by atoms with van der Waals surface area (Å²) < 4.78 is 112. The first-order valence-electron chi connectivity index (χ1n) is 23.0. The summed E-state index contributed by atoms with van der Waals surface area (Å²) in [4.78, 5) is 1.02. The molecule has 7 aromatic rings. The van der Waals surface area contributed by atoms with E-state index >= 15 is 0 Å². The number of fused-ring (bicyclic) bond motifs is 1. The highest BCUT2D eigenvalue weighted by Crippen LogP contribution is 2.42. The van der Waals surface area contributed by atoms with Crippen molar-refractivity contribution in [1.82, 2.24) is 4.13 Å². The quantitative estimate of drug-likeness (QED) is 0.0458. The number of benzene rings is 7. The fourth-order valence-corrected chi connectivity index (χ4v) is 14.4. The number of anilines is 5. The third kappa shape index (κ3) is 9.77. The Labute approximate surface area is 414 Å². The van der Waals surface area contributed by atoms with Crippen LogP contribution in [0.25, 0.3) is 10.8 Å². The maximum absolute atomic E-state index is 14.6. The van der Waals surface area contributed by atoms with Crippen molar-refractivity contribution in [3.63, 3.8) is 0 Å². The fourth-order valence-electron chi connectivity index (χ4n) is 10.5. The molecule has 366 valence electrons. The first-order valence-corrected chi connectivity index (χ1v) is 26.5. The molecule has 15 heteroatoms. The van der Waals surface area contributed by atoms with E-state index in [1.165, 1.54) is 48.9 Å². The van der Waals surface area contributed by atoms with Gasteiger partial charge in [0.15, 0.2) is 28.2 Å². The van der Waals surface area contributed by atoms with Gasteiger partial charge in [0.25, 0.3) is 10.0 Å². The highest BCUT2D eigenvalue weighted by molar-refractivity contribution is 8.05. The Balaban J connectivity index is 1.09. The summed E-state index contributed by atoms with van der Waals surface area (Å²) in [6.07, 6.45) is 0.587. The molecular weight excluding hydrogens is 953 g/mol. The highest BCUT2D eigenvalue weighted by Gasteiger charge is 2.39. The SMILES string of the molecule is Cc1cc(C)c(N(C)c2ccc(C(c3ccc(N(C)c4c(C)cc(C)cc4C)cc3)c3ccc(NC4CCC(S(=O)(=O)NS(=O)(=O)c5c(F)c(F)c(S)c(F)c5F)CC4)c4ccccc34)cc2)c(C)c1. The van der Waals surface area contributed by atoms with E-state index in [9.17, 15) is 34.4 Å². The van der Waals surface area contributed by atoms with Crippen LogP contribution in [-0.4, -0.2) is 42.2 Å². The van der Waals surface area contributed by atoms with Crippen LogP contribution in [0.5, 0.6) is 0 Å². The second-order valence-corrected chi connectivity index (χ2v) is 22.9. The molecule has 0 radical (unpaired) electrons. The molecule has 70 heavy (non-hydrogen) atoms. The zero-order valence-electron chi connectivity index (χ0n) is 40.3. The van der Waals surface area contributed by atoms with Crippen molar-refractivity contribution in [2.24, 2.45) is 0 Å². The molecule has 0 unspecified atom stereocenters. The average Bonchev–Trinajstić information content (AvgIpc) is 3.30. The van der Waals surface area contributed by atoms with Crippen LogP contribution < -0.4 is 19.2 Å². The average molecular weight is 1010 g/mol. The van der Waals surface area contributed by atoms with Crippen molar-refractivity contribution in [2.75, 3.05) is 29.2 Å². The van der Waals surface area contributed by atoms with E-state index in [1.807, 2.05) is 24.3 Å². The van der Waals surface area contributed by atoms with Crippen LogP contribution in [0.1, 0.15) is 81.7 Å². The predicted octanol–water partition coefficient (Wildman–Crippen LogP) is 13.3. The zero-order valence-corrected chi connectivity index (χ0v) is 42.8. The van der Waals surface area contributed by atoms with Gasteiger partial charge in [0.05, 0.1) is 10.1 Å². The lowest BCUT2D eigenvalue weighted by molar-refractivity contribution is 0.395. The Morgan fingerprint density at radius 2 is 1.00 bits per heavy atom. The maximum Gasteiger partial charge on any atom is 0.259 e. The standard InChI is InChI=1S/C55H56F4N4O4S3/c1-31-27-33(3)52(34(4)28-31)62(7)40-19-13-37(14-20-40)47(38-15-21-41(22-16-38)63(8)53-35(5)29-32(2)30-36(53)6)45-25-26-46(44-12-10-9-11-43(44)45)60-39-17-23-42(24-18-39)69(64,65)61-70(66,67)55-50(58)48(56)54(68)49(57)51(55)59/h9-16,19-22,25-30,39,42,47,60-61,68H,17-18,23-24H2,1-8H3. The molecule has 7 aromatic carbocycles. The molecular formula is C55H56F4N4O4S3. The van der Waals surface area contributed by atoms with Gasteiger partial charge in [-0.25, -0.2) is 34.4 Å². The number of hydrogen-bond acceptors (Lipinski definition) is 8. The molecule has 0 amide bonds. The van der Waals surface area contributed by atoms with Crippen molar-refractivity contribution in [1.29, 1.82) is 0 Å². The number of aryl methyl sites for hydroxylation is 6. The van der Waals surface area contributed by atoms with Crippen LogP contribution >= 0.6 is 12.6 Å². The normalized spacial score (nSPS) is 15.4. The Kier molecular flexibility index (Phi) is 14.2. The van der Waals surface area contributed by atoms with Gasteiger partial charge in [0.1, 0.15) is 0 Å². The van der Waals surface area contributed by atoms with Crippen molar-refractivity contribution >= 4 is 71.9 Å². The molecule has 2 N–H and O–H groups in total. The van der Waals surface area contributed by atoms with Crippen LogP contribution in [0.15, 0.2) is 119 Å². The molecule has 1 aliphatic carbocycles. The Hall–Kier alpha value is -5.87. The largest absolute Gasteiger partial charge is 0.382 e. The molecule has 0 bridgehead atoms. The second-order valence-electron chi connectivity index (χ2n) is 18.7. The van der Waals surface area contributed by atoms with Gasteiger partial charge in [-0.2, -0.15) is 0 Å². The lowest BCUT2D eigenvalue weighted by Crippen LogP contribution is -2.42. The van der Waals surface area contributed by atoms with E-state index in [0.29, 0.717) is 12.8 Å². The Morgan fingerprint density at radius 1 is 0.571 bits per heavy atom. The van der Waals surface area contributed by atoms with Crippen LogP contribution in [0.3, 0.4) is 0 Å². The van der Waals surface area contributed by atoms with E-state index in [1.54, 1.807) is 0 Å². The third-order valence-corrected chi connectivity index (χ3v) is 18.0. The predicted molar refractivity (Wildman–Crippen MR) is 278 cm³/mol. The van der Waals surface area contributed by atoms with Crippen molar-refractivity contribution in [2.45, 2.75) is 94.2 Å². The van der Waals surface area contributed by atoms with Crippen LogP contribution in [-0.2, 0) is 20.0 Å². The summed E-state index contributed by atoms with van der Waals surface area (Å²) in [7, 11) is -6.19. The van der Waals surface area contributed by atoms with E-state index in [-0.39, 0.29) is 24.8 Å². The van der Waals surface area contributed by atoms with Gasteiger partial charge in [-0.05, 0) is 142 Å². The minimum absolute atomic E-state index is 0.00760. The summed E-state index contributed by atoms with van der Waals surface area (Å²) in [5, 5.41) is 4.31. The Bertz CT molecular complexity index is 3200.